The number of thioether (sulfide) groups is 1. The van der Waals surface area contributed by atoms with Crippen molar-refractivity contribution in [3.8, 4) is 0 Å². The molecule has 0 atom stereocenters. The molecule has 0 saturated carbocycles. The third-order valence-corrected chi connectivity index (χ3v) is 4.54. The molecule has 0 spiro atoms. The van der Waals surface area contributed by atoms with Crippen molar-refractivity contribution in [1.29, 1.82) is 0 Å². The summed E-state index contributed by atoms with van der Waals surface area (Å²) in [6.45, 7) is 0.440. The SMILES string of the molecule is O=C1CSc2ccc(CCNC(=O)c3cccc(F)c3)cc2N1. The van der Waals surface area contributed by atoms with Gasteiger partial charge < -0.3 is 10.6 Å². The van der Waals surface area contributed by atoms with Gasteiger partial charge in [0.25, 0.3) is 5.91 Å². The highest BCUT2D eigenvalue weighted by Gasteiger charge is 2.15. The standard InChI is InChI=1S/C17H15FN2O2S/c18-13-3-1-2-12(9-13)17(22)19-7-6-11-4-5-15-14(8-11)20-16(21)10-23-15/h1-5,8-9H,6-7,10H2,(H,19,22)(H,20,21). The summed E-state index contributed by atoms with van der Waals surface area (Å²) in [5.74, 6) is -0.290. The van der Waals surface area contributed by atoms with Gasteiger partial charge in [-0.15, -0.1) is 11.8 Å². The molecule has 118 valence electrons. The van der Waals surface area contributed by atoms with E-state index in [1.807, 2.05) is 18.2 Å². The maximum absolute atomic E-state index is 13.1. The van der Waals surface area contributed by atoms with Crippen molar-refractivity contribution < 1.29 is 14.0 Å². The van der Waals surface area contributed by atoms with Crippen LogP contribution < -0.4 is 10.6 Å². The first-order valence-electron chi connectivity index (χ1n) is 7.21. The van der Waals surface area contributed by atoms with Crippen LogP contribution in [0.4, 0.5) is 10.1 Å². The molecule has 0 aromatic heterocycles. The lowest BCUT2D eigenvalue weighted by atomic mass is 10.1. The molecule has 0 saturated heterocycles. The van der Waals surface area contributed by atoms with E-state index >= 15 is 0 Å². The van der Waals surface area contributed by atoms with Crippen molar-refractivity contribution in [3.05, 3.63) is 59.4 Å². The molecule has 3 rings (SSSR count). The highest BCUT2D eigenvalue weighted by atomic mass is 32.2. The predicted molar refractivity (Wildman–Crippen MR) is 88.2 cm³/mol. The Hall–Kier alpha value is -2.34. The Labute approximate surface area is 137 Å². The zero-order chi connectivity index (χ0) is 16.2. The van der Waals surface area contributed by atoms with Crippen LogP contribution >= 0.6 is 11.8 Å². The summed E-state index contributed by atoms with van der Waals surface area (Å²) in [6.07, 6.45) is 0.634. The molecule has 1 aliphatic heterocycles. The lowest BCUT2D eigenvalue weighted by molar-refractivity contribution is -0.113. The van der Waals surface area contributed by atoms with Crippen molar-refractivity contribution in [2.75, 3.05) is 17.6 Å². The zero-order valence-corrected chi connectivity index (χ0v) is 13.1. The van der Waals surface area contributed by atoms with E-state index in [1.54, 1.807) is 6.07 Å². The molecule has 23 heavy (non-hydrogen) atoms. The summed E-state index contributed by atoms with van der Waals surface area (Å²) in [6, 6.07) is 11.5. The maximum atomic E-state index is 13.1. The molecule has 2 aromatic rings. The largest absolute Gasteiger partial charge is 0.352 e. The lowest BCUT2D eigenvalue weighted by Crippen LogP contribution is -2.25. The third-order valence-electron chi connectivity index (χ3n) is 3.46. The van der Waals surface area contributed by atoms with Crippen LogP contribution in [0.3, 0.4) is 0 Å². The second-order valence-corrected chi connectivity index (χ2v) is 6.20. The minimum atomic E-state index is -0.430. The number of halogens is 1. The summed E-state index contributed by atoms with van der Waals surface area (Å²) >= 11 is 1.52. The summed E-state index contributed by atoms with van der Waals surface area (Å²) in [7, 11) is 0. The van der Waals surface area contributed by atoms with Gasteiger partial charge >= 0.3 is 0 Å². The first kappa shape index (κ1) is 15.6. The molecule has 0 fully saturated rings. The van der Waals surface area contributed by atoms with E-state index in [2.05, 4.69) is 10.6 Å². The number of amides is 2. The molecule has 0 radical (unpaired) electrons. The number of hydrogen-bond donors (Lipinski definition) is 2. The number of fused-ring (bicyclic) bond motifs is 1. The van der Waals surface area contributed by atoms with E-state index in [-0.39, 0.29) is 11.8 Å². The Morgan fingerprint density at radius 3 is 2.96 bits per heavy atom. The molecule has 0 aliphatic carbocycles. The number of benzene rings is 2. The quantitative estimate of drug-likeness (QED) is 0.906. The second kappa shape index (κ2) is 6.83. The van der Waals surface area contributed by atoms with Gasteiger partial charge in [-0.2, -0.15) is 0 Å². The summed E-state index contributed by atoms with van der Waals surface area (Å²) in [4.78, 5) is 24.4. The molecule has 1 heterocycles. The van der Waals surface area contributed by atoms with E-state index in [0.717, 1.165) is 16.1 Å². The second-order valence-electron chi connectivity index (χ2n) is 5.18. The van der Waals surface area contributed by atoms with Gasteiger partial charge in [-0.1, -0.05) is 12.1 Å². The third kappa shape index (κ3) is 3.90. The van der Waals surface area contributed by atoms with Gasteiger partial charge in [-0.3, -0.25) is 9.59 Å². The van der Waals surface area contributed by atoms with E-state index in [0.29, 0.717) is 24.3 Å². The molecular formula is C17H15FN2O2S. The highest BCUT2D eigenvalue weighted by Crippen LogP contribution is 2.31. The van der Waals surface area contributed by atoms with E-state index in [9.17, 15) is 14.0 Å². The first-order chi connectivity index (χ1) is 11.1. The smallest absolute Gasteiger partial charge is 0.251 e. The van der Waals surface area contributed by atoms with Crippen molar-refractivity contribution in [3.63, 3.8) is 0 Å². The molecule has 2 amide bonds. The van der Waals surface area contributed by atoms with Crippen LogP contribution in [0.5, 0.6) is 0 Å². The number of anilines is 1. The summed E-state index contributed by atoms with van der Waals surface area (Å²) in [5, 5.41) is 5.61. The highest BCUT2D eigenvalue weighted by molar-refractivity contribution is 8.00. The van der Waals surface area contributed by atoms with Crippen molar-refractivity contribution >= 4 is 29.3 Å². The van der Waals surface area contributed by atoms with Gasteiger partial charge in [0.1, 0.15) is 5.82 Å². The number of carbonyl (C=O) groups is 2. The first-order valence-corrected chi connectivity index (χ1v) is 8.20. The molecule has 4 nitrogen and oxygen atoms in total. The van der Waals surface area contributed by atoms with E-state index < -0.39 is 5.82 Å². The molecule has 0 bridgehead atoms. The Kier molecular flexibility index (Phi) is 4.62. The summed E-state index contributed by atoms with van der Waals surface area (Å²) in [5.41, 5.74) is 2.14. The maximum Gasteiger partial charge on any atom is 0.251 e. The Balaban J connectivity index is 1.57. The average molecular weight is 330 g/mol. The van der Waals surface area contributed by atoms with Crippen LogP contribution in [-0.4, -0.2) is 24.1 Å². The van der Waals surface area contributed by atoms with Gasteiger partial charge in [0.05, 0.1) is 11.4 Å². The Morgan fingerprint density at radius 1 is 1.26 bits per heavy atom. The molecule has 0 unspecified atom stereocenters. The molecule has 1 aliphatic rings. The number of hydrogen-bond acceptors (Lipinski definition) is 3. The fraction of sp³-hybridized carbons (Fsp3) is 0.176. The monoisotopic (exact) mass is 330 g/mol. The number of carbonyl (C=O) groups excluding carboxylic acids is 2. The fourth-order valence-corrected chi connectivity index (χ4v) is 3.13. The fourth-order valence-electron chi connectivity index (χ4n) is 2.34. The number of rotatable bonds is 4. The van der Waals surface area contributed by atoms with Crippen LogP contribution in [0.25, 0.3) is 0 Å². The van der Waals surface area contributed by atoms with Crippen LogP contribution in [0, 0.1) is 5.82 Å². The van der Waals surface area contributed by atoms with Crippen LogP contribution in [-0.2, 0) is 11.2 Å². The minimum absolute atomic E-state index is 0.000873. The number of nitrogens with one attached hydrogen (secondary N) is 2. The van der Waals surface area contributed by atoms with E-state index in [4.69, 9.17) is 0 Å². The topological polar surface area (TPSA) is 58.2 Å². The molecule has 2 aromatic carbocycles. The Bertz CT molecular complexity index is 764. The molecule has 6 heteroatoms. The van der Waals surface area contributed by atoms with Crippen LogP contribution in [0.2, 0.25) is 0 Å². The lowest BCUT2D eigenvalue weighted by Gasteiger charge is -2.17. The predicted octanol–water partition coefficient (Wildman–Crippen LogP) is 2.84. The van der Waals surface area contributed by atoms with Crippen LogP contribution in [0.15, 0.2) is 47.4 Å². The van der Waals surface area contributed by atoms with Crippen LogP contribution in [0.1, 0.15) is 15.9 Å². The Morgan fingerprint density at radius 2 is 2.13 bits per heavy atom. The van der Waals surface area contributed by atoms with Gasteiger partial charge in [0, 0.05) is 17.0 Å². The molecular weight excluding hydrogens is 315 g/mol. The van der Waals surface area contributed by atoms with Gasteiger partial charge in [0.15, 0.2) is 0 Å². The molecule has 2 N–H and O–H groups in total. The van der Waals surface area contributed by atoms with Gasteiger partial charge in [0.2, 0.25) is 5.91 Å². The van der Waals surface area contributed by atoms with Crippen molar-refractivity contribution in [2.45, 2.75) is 11.3 Å². The minimum Gasteiger partial charge on any atom is -0.352 e. The van der Waals surface area contributed by atoms with E-state index in [1.165, 1.54) is 30.0 Å². The zero-order valence-electron chi connectivity index (χ0n) is 12.3. The van der Waals surface area contributed by atoms with Crippen molar-refractivity contribution in [2.24, 2.45) is 0 Å². The average Bonchev–Trinajstić information content (AvgIpc) is 2.54. The van der Waals surface area contributed by atoms with Gasteiger partial charge in [-0.25, -0.2) is 4.39 Å². The van der Waals surface area contributed by atoms with Gasteiger partial charge in [-0.05, 0) is 42.3 Å². The normalized spacial score (nSPS) is 13.2. The summed E-state index contributed by atoms with van der Waals surface area (Å²) < 4.78 is 13.1. The van der Waals surface area contributed by atoms with Crippen molar-refractivity contribution in [1.82, 2.24) is 5.32 Å².